The summed E-state index contributed by atoms with van der Waals surface area (Å²) >= 11 is 0. The van der Waals surface area contributed by atoms with Crippen LogP contribution < -0.4 is 5.32 Å². The second-order valence-electron chi connectivity index (χ2n) is 5.27. The lowest BCUT2D eigenvalue weighted by atomic mass is 9.90. The molecule has 1 fully saturated rings. The van der Waals surface area contributed by atoms with Gasteiger partial charge in [0.2, 0.25) is 0 Å². The Morgan fingerprint density at radius 3 is 2.71 bits per heavy atom. The molecule has 1 aromatic carbocycles. The molecule has 0 aliphatic carbocycles. The van der Waals surface area contributed by atoms with Crippen LogP contribution in [0.2, 0.25) is 0 Å². The van der Waals surface area contributed by atoms with Crippen molar-refractivity contribution in [2.75, 3.05) is 19.8 Å². The predicted molar refractivity (Wildman–Crippen MR) is 78.8 cm³/mol. The fourth-order valence-electron chi connectivity index (χ4n) is 2.60. The molecule has 0 aromatic heterocycles. The molecule has 1 amide bonds. The quantitative estimate of drug-likeness (QED) is 0.843. The van der Waals surface area contributed by atoms with Crippen LogP contribution in [0.3, 0.4) is 0 Å². The van der Waals surface area contributed by atoms with Gasteiger partial charge in [-0.2, -0.15) is 0 Å². The molecule has 5 heteroatoms. The van der Waals surface area contributed by atoms with Crippen molar-refractivity contribution < 1.29 is 19.4 Å². The van der Waals surface area contributed by atoms with E-state index >= 15 is 0 Å². The van der Waals surface area contributed by atoms with Crippen molar-refractivity contribution in [1.82, 2.24) is 5.32 Å². The van der Waals surface area contributed by atoms with Gasteiger partial charge in [-0.1, -0.05) is 30.3 Å². The minimum absolute atomic E-state index is 0.0535. The maximum Gasteiger partial charge on any atom is 0.407 e. The van der Waals surface area contributed by atoms with Crippen LogP contribution in [0.1, 0.15) is 24.8 Å². The van der Waals surface area contributed by atoms with Gasteiger partial charge >= 0.3 is 6.09 Å². The highest BCUT2D eigenvalue weighted by atomic mass is 16.5. The van der Waals surface area contributed by atoms with Gasteiger partial charge in [0.25, 0.3) is 0 Å². The maximum absolute atomic E-state index is 11.9. The van der Waals surface area contributed by atoms with Gasteiger partial charge in [0.1, 0.15) is 6.61 Å². The molecule has 1 unspecified atom stereocenters. The number of rotatable bonds is 6. The standard InChI is InChI=1S/C16H23NO4/c18-9-6-15(14-7-10-20-11-8-14)17-16(19)21-12-13-4-2-1-3-5-13/h1-5,14-15,18H,6-12H2,(H,17,19). The summed E-state index contributed by atoms with van der Waals surface area (Å²) in [6, 6.07) is 9.52. The summed E-state index contributed by atoms with van der Waals surface area (Å²) in [6.45, 7) is 1.74. The van der Waals surface area contributed by atoms with Crippen molar-refractivity contribution in [3.8, 4) is 0 Å². The van der Waals surface area contributed by atoms with Crippen LogP contribution >= 0.6 is 0 Å². The number of alkyl carbamates (subject to hydrolysis) is 1. The average Bonchev–Trinajstić information content (AvgIpc) is 2.54. The largest absolute Gasteiger partial charge is 0.445 e. The first-order chi connectivity index (χ1) is 10.3. The van der Waals surface area contributed by atoms with E-state index in [1.807, 2.05) is 30.3 Å². The number of aliphatic hydroxyl groups is 1. The van der Waals surface area contributed by atoms with Crippen molar-refractivity contribution in [3.05, 3.63) is 35.9 Å². The van der Waals surface area contributed by atoms with Crippen molar-refractivity contribution in [1.29, 1.82) is 0 Å². The highest BCUT2D eigenvalue weighted by Gasteiger charge is 2.25. The van der Waals surface area contributed by atoms with Crippen molar-refractivity contribution in [2.45, 2.75) is 31.9 Å². The van der Waals surface area contributed by atoms with Gasteiger partial charge in [-0.3, -0.25) is 0 Å². The number of carbonyl (C=O) groups is 1. The first-order valence-electron chi connectivity index (χ1n) is 7.45. The summed E-state index contributed by atoms with van der Waals surface area (Å²) in [5, 5.41) is 12.0. The maximum atomic E-state index is 11.9. The SMILES string of the molecule is O=C(NC(CCO)C1CCOCC1)OCc1ccccc1. The molecule has 5 nitrogen and oxygen atoms in total. The molecular formula is C16H23NO4. The van der Waals surface area contributed by atoms with E-state index in [-0.39, 0.29) is 19.3 Å². The van der Waals surface area contributed by atoms with Crippen LogP contribution in [-0.2, 0) is 16.1 Å². The number of ether oxygens (including phenoxy) is 2. The zero-order valence-corrected chi connectivity index (χ0v) is 12.2. The zero-order chi connectivity index (χ0) is 14.9. The topological polar surface area (TPSA) is 67.8 Å². The first-order valence-corrected chi connectivity index (χ1v) is 7.45. The molecule has 1 atom stereocenters. The summed E-state index contributed by atoms with van der Waals surface area (Å²) in [6.07, 6.45) is 1.93. The summed E-state index contributed by atoms with van der Waals surface area (Å²) in [5.41, 5.74) is 0.956. The molecule has 2 rings (SSSR count). The van der Waals surface area contributed by atoms with E-state index in [0.29, 0.717) is 25.6 Å². The Hall–Kier alpha value is -1.59. The molecular weight excluding hydrogens is 270 g/mol. The average molecular weight is 293 g/mol. The van der Waals surface area contributed by atoms with Gasteiger partial charge in [-0.05, 0) is 30.7 Å². The molecule has 2 N–H and O–H groups in total. The second kappa shape index (κ2) is 8.64. The van der Waals surface area contributed by atoms with Crippen LogP contribution in [0.25, 0.3) is 0 Å². The first kappa shape index (κ1) is 15.8. The van der Waals surface area contributed by atoms with Gasteiger partial charge < -0.3 is 19.9 Å². The predicted octanol–water partition coefficient (Wildman–Crippen LogP) is 2.09. The lowest BCUT2D eigenvalue weighted by Gasteiger charge is -2.30. The van der Waals surface area contributed by atoms with Crippen LogP contribution in [0.4, 0.5) is 4.79 Å². The van der Waals surface area contributed by atoms with Gasteiger partial charge in [0.05, 0.1) is 0 Å². The van der Waals surface area contributed by atoms with Crippen molar-refractivity contribution >= 4 is 6.09 Å². The molecule has 1 heterocycles. The molecule has 0 radical (unpaired) electrons. The van der Waals surface area contributed by atoms with Gasteiger partial charge in [0.15, 0.2) is 0 Å². The molecule has 0 saturated carbocycles. The number of aliphatic hydroxyl groups excluding tert-OH is 1. The number of carbonyl (C=O) groups excluding carboxylic acids is 1. The third-order valence-electron chi connectivity index (χ3n) is 3.79. The lowest BCUT2D eigenvalue weighted by Crippen LogP contribution is -2.43. The van der Waals surface area contributed by atoms with Crippen LogP contribution in [-0.4, -0.2) is 37.1 Å². The smallest absolute Gasteiger partial charge is 0.407 e. The van der Waals surface area contributed by atoms with Crippen LogP contribution in [0, 0.1) is 5.92 Å². The van der Waals surface area contributed by atoms with Gasteiger partial charge in [-0.15, -0.1) is 0 Å². The number of benzene rings is 1. The molecule has 0 bridgehead atoms. The second-order valence-corrected chi connectivity index (χ2v) is 5.27. The monoisotopic (exact) mass is 293 g/mol. The summed E-state index contributed by atoms with van der Waals surface area (Å²) in [5.74, 6) is 0.343. The van der Waals surface area contributed by atoms with E-state index in [0.717, 1.165) is 18.4 Å². The minimum atomic E-state index is -0.427. The molecule has 1 aliphatic heterocycles. The lowest BCUT2D eigenvalue weighted by molar-refractivity contribution is 0.0477. The molecule has 1 saturated heterocycles. The third kappa shape index (κ3) is 5.36. The van der Waals surface area contributed by atoms with E-state index in [2.05, 4.69) is 5.32 Å². The zero-order valence-electron chi connectivity index (χ0n) is 12.2. The molecule has 0 spiro atoms. The fraction of sp³-hybridized carbons (Fsp3) is 0.562. The summed E-state index contributed by atoms with van der Waals surface area (Å²) in [4.78, 5) is 11.9. The summed E-state index contributed by atoms with van der Waals surface area (Å²) < 4.78 is 10.6. The van der Waals surface area contributed by atoms with Crippen LogP contribution in [0.5, 0.6) is 0 Å². The molecule has 1 aliphatic rings. The Morgan fingerprint density at radius 1 is 1.33 bits per heavy atom. The molecule has 1 aromatic rings. The van der Waals surface area contributed by atoms with E-state index in [1.54, 1.807) is 0 Å². The highest BCUT2D eigenvalue weighted by molar-refractivity contribution is 5.67. The number of hydrogen-bond donors (Lipinski definition) is 2. The molecule has 116 valence electrons. The third-order valence-corrected chi connectivity index (χ3v) is 3.79. The normalized spacial score (nSPS) is 17.2. The Bertz CT molecular complexity index is 418. The fourth-order valence-corrected chi connectivity index (χ4v) is 2.60. The Balaban J connectivity index is 1.80. The van der Waals surface area contributed by atoms with Crippen molar-refractivity contribution in [3.63, 3.8) is 0 Å². The van der Waals surface area contributed by atoms with E-state index in [9.17, 15) is 4.79 Å². The molecule has 21 heavy (non-hydrogen) atoms. The van der Waals surface area contributed by atoms with Crippen molar-refractivity contribution in [2.24, 2.45) is 5.92 Å². The van der Waals surface area contributed by atoms with Gasteiger partial charge in [0, 0.05) is 25.9 Å². The van der Waals surface area contributed by atoms with Crippen LogP contribution in [0.15, 0.2) is 30.3 Å². The number of hydrogen-bond acceptors (Lipinski definition) is 4. The minimum Gasteiger partial charge on any atom is -0.445 e. The summed E-state index contributed by atoms with van der Waals surface area (Å²) in [7, 11) is 0. The van der Waals surface area contributed by atoms with E-state index in [4.69, 9.17) is 14.6 Å². The van der Waals surface area contributed by atoms with E-state index < -0.39 is 6.09 Å². The van der Waals surface area contributed by atoms with E-state index in [1.165, 1.54) is 0 Å². The highest BCUT2D eigenvalue weighted by Crippen LogP contribution is 2.20. The Morgan fingerprint density at radius 2 is 2.05 bits per heavy atom. The Labute approximate surface area is 125 Å². The Kier molecular flexibility index (Phi) is 6.50. The number of amides is 1. The van der Waals surface area contributed by atoms with Gasteiger partial charge in [-0.25, -0.2) is 4.79 Å². The number of nitrogens with one attached hydrogen (secondary N) is 1.